The zero-order valence-corrected chi connectivity index (χ0v) is 9.71. The predicted octanol–water partition coefficient (Wildman–Crippen LogP) is 1.70. The van der Waals surface area contributed by atoms with Crippen molar-refractivity contribution in [3.05, 3.63) is 22.1 Å². The van der Waals surface area contributed by atoms with Crippen molar-refractivity contribution >= 4 is 5.95 Å². The van der Waals surface area contributed by atoms with E-state index in [-0.39, 0.29) is 5.56 Å². The zero-order chi connectivity index (χ0) is 11.3. The predicted molar refractivity (Wildman–Crippen MR) is 62.4 cm³/mol. The molecule has 4 nitrogen and oxygen atoms in total. The Morgan fingerprint density at radius 1 is 1.33 bits per heavy atom. The molecule has 1 aromatic rings. The van der Waals surface area contributed by atoms with Crippen LogP contribution in [0.1, 0.15) is 32.4 Å². The molecule has 4 heteroatoms. The van der Waals surface area contributed by atoms with Crippen LogP contribution in [0.2, 0.25) is 0 Å². The average Bonchev–Trinajstić information content (AvgIpc) is 2.16. The first-order chi connectivity index (χ1) is 7.17. The molecule has 1 heterocycles. The van der Waals surface area contributed by atoms with Crippen LogP contribution in [0.3, 0.4) is 0 Å². The summed E-state index contributed by atoms with van der Waals surface area (Å²) in [6, 6.07) is 1.51. The summed E-state index contributed by atoms with van der Waals surface area (Å²) in [6.07, 6.45) is 2.11. The Labute approximate surface area is 90.3 Å². The monoisotopic (exact) mass is 209 g/mol. The second kappa shape index (κ2) is 5.53. The van der Waals surface area contributed by atoms with E-state index in [9.17, 15) is 4.79 Å². The average molecular weight is 209 g/mol. The zero-order valence-electron chi connectivity index (χ0n) is 9.71. The Balaban J connectivity index is 2.93. The molecule has 0 aliphatic rings. The topological polar surface area (TPSA) is 49.0 Å². The van der Waals surface area contributed by atoms with Gasteiger partial charge in [0.25, 0.3) is 5.56 Å². The Morgan fingerprint density at radius 3 is 2.40 bits per heavy atom. The minimum Gasteiger partial charge on any atom is -0.342 e. The number of nitrogens with zero attached hydrogens (tertiary/aromatic N) is 2. The summed E-state index contributed by atoms with van der Waals surface area (Å²) in [5.41, 5.74) is 0.695. The highest BCUT2D eigenvalue weighted by atomic mass is 16.1. The highest BCUT2D eigenvalue weighted by Gasteiger charge is 2.07. The lowest BCUT2D eigenvalue weighted by Gasteiger charge is -2.21. The van der Waals surface area contributed by atoms with Crippen LogP contribution in [0.4, 0.5) is 5.95 Å². The molecule has 0 aliphatic heterocycles. The number of aromatic nitrogens is 2. The van der Waals surface area contributed by atoms with Crippen molar-refractivity contribution in [3.63, 3.8) is 0 Å². The van der Waals surface area contributed by atoms with Crippen LogP contribution in [0.5, 0.6) is 0 Å². The van der Waals surface area contributed by atoms with Crippen molar-refractivity contribution in [2.75, 3.05) is 18.0 Å². The third kappa shape index (κ3) is 3.38. The molecule has 0 atom stereocenters. The largest absolute Gasteiger partial charge is 0.342 e. The number of anilines is 1. The standard InChI is InChI=1S/C11H19N3O/c1-4-6-14(7-5-2)11-12-9(3)8-10(15)13-11/h8H,4-7H2,1-3H3,(H,12,13,15). The summed E-state index contributed by atoms with van der Waals surface area (Å²) in [4.78, 5) is 20.5. The second-order valence-corrected chi connectivity index (χ2v) is 3.70. The molecule has 0 aliphatic carbocycles. The molecule has 1 aromatic heterocycles. The fraction of sp³-hybridized carbons (Fsp3) is 0.636. The third-order valence-electron chi connectivity index (χ3n) is 2.14. The van der Waals surface area contributed by atoms with Gasteiger partial charge < -0.3 is 4.90 Å². The third-order valence-corrected chi connectivity index (χ3v) is 2.14. The number of hydrogen-bond donors (Lipinski definition) is 1. The van der Waals surface area contributed by atoms with Gasteiger partial charge in [-0.05, 0) is 19.8 Å². The van der Waals surface area contributed by atoms with Gasteiger partial charge in [0, 0.05) is 24.8 Å². The van der Waals surface area contributed by atoms with Crippen LogP contribution in [-0.4, -0.2) is 23.1 Å². The van der Waals surface area contributed by atoms with Crippen LogP contribution in [0.15, 0.2) is 10.9 Å². The molecule has 0 saturated heterocycles. The molecule has 15 heavy (non-hydrogen) atoms. The lowest BCUT2D eigenvalue weighted by atomic mass is 10.3. The molecule has 1 N–H and O–H groups in total. The maximum Gasteiger partial charge on any atom is 0.252 e. The minimum absolute atomic E-state index is 0.0743. The number of H-pyrrole nitrogens is 1. The van der Waals surface area contributed by atoms with Crippen molar-refractivity contribution in [3.8, 4) is 0 Å². The van der Waals surface area contributed by atoms with Gasteiger partial charge in [-0.15, -0.1) is 0 Å². The van der Waals surface area contributed by atoms with Gasteiger partial charge in [-0.25, -0.2) is 4.98 Å². The van der Waals surface area contributed by atoms with Gasteiger partial charge in [-0.2, -0.15) is 0 Å². The Kier molecular flexibility index (Phi) is 4.34. The molecule has 0 amide bonds. The fourth-order valence-corrected chi connectivity index (χ4v) is 1.58. The SMILES string of the molecule is CCCN(CCC)c1nc(C)cc(=O)[nH]1. The van der Waals surface area contributed by atoms with Crippen molar-refractivity contribution in [1.29, 1.82) is 0 Å². The summed E-state index contributed by atoms with van der Waals surface area (Å²) in [7, 11) is 0. The Bertz CT molecular complexity index is 353. The van der Waals surface area contributed by atoms with Crippen LogP contribution in [0.25, 0.3) is 0 Å². The maximum absolute atomic E-state index is 11.3. The van der Waals surface area contributed by atoms with Crippen molar-refractivity contribution in [2.45, 2.75) is 33.6 Å². The molecule has 0 bridgehead atoms. The number of nitrogens with one attached hydrogen (secondary N) is 1. The van der Waals surface area contributed by atoms with Crippen molar-refractivity contribution < 1.29 is 0 Å². The van der Waals surface area contributed by atoms with Crippen LogP contribution in [0, 0.1) is 6.92 Å². The summed E-state index contributed by atoms with van der Waals surface area (Å²) in [5, 5.41) is 0. The molecular weight excluding hydrogens is 190 g/mol. The van der Waals surface area contributed by atoms with Crippen LogP contribution < -0.4 is 10.5 Å². The molecule has 0 unspecified atom stereocenters. The molecule has 84 valence electrons. The van der Waals surface area contributed by atoms with Gasteiger partial charge in [0.1, 0.15) is 0 Å². The smallest absolute Gasteiger partial charge is 0.252 e. The highest BCUT2D eigenvalue weighted by molar-refractivity contribution is 5.29. The quantitative estimate of drug-likeness (QED) is 0.803. The van der Waals surface area contributed by atoms with Crippen molar-refractivity contribution in [2.24, 2.45) is 0 Å². The first-order valence-corrected chi connectivity index (χ1v) is 5.50. The van der Waals surface area contributed by atoms with Crippen molar-refractivity contribution in [1.82, 2.24) is 9.97 Å². The van der Waals surface area contributed by atoms with E-state index in [2.05, 4.69) is 28.7 Å². The van der Waals surface area contributed by atoms with Gasteiger partial charge in [-0.3, -0.25) is 9.78 Å². The van der Waals surface area contributed by atoms with Gasteiger partial charge in [-0.1, -0.05) is 13.8 Å². The molecule has 0 spiro atoms. The molecule has 0 fully saturated rings. The maximum atomic E-state index is 11.3. The number of hydrogen-bond acceptors (Lipinski definition) is 3. The summed E-state index contributed by atoms with van der Waals surface area (Å²) in [6.45, 7) is 7.95. The van der Waals surface area contributed by atoms with Gasteiger partial charge in [0.15, 0.2) is 0 Å². The second-order valence-electron chi connectivity index (χ2n) is 3.70. The van der Waals surface area contributed by atoms with E-state index in [1.54, 1.807) is 0 Å². The summed E-state index contributed by atoms with van der Waals surface area (Å²) in [5.74, 6) is 0.698. The molecule has 0 saturated carbocycles. The van der Waals surface area contributed by atoms with E-state index in [4.69, 9.17) is 0 Å². The Morgan fingerprint density at radius 2 is 1.93 bits per heavy atom. The molecule has 0 aromatic carbocycles. The normalized spacial score (nSPS) is 10.3. The molecular formula is C11H19N3O. The Hall–Kier alpha value is -1.32. The lowest BCUT2D eigenvalue weighted by Crippen LogP contribution is -2.29. The molecule has 0 radical (unpaired) electrons. The van der Waals surface area contributed by atoms with E-state index in [1.807, 2.05) is 6.92 Å². The van der Waals surface area contributed by atoms with Crippen LogP contribution >= 0.6 is 0 Å². The van der Waals surface area contributed by atoms with E-state index in [0.717, 1.165) is 31.6 Å². The molecule has 1 rings (SSSR count). The van der Waals surface area contributed by atoms with Gasteiger partial charge in [0.05, 0.1) is 0 Å². The lowest BCUT2D eigenvalue weighted by molar-refractivity contribution is 0.717. The van der Waals surface area contributed by atoms with E-state index in [0.29, 0.717) is 5.95 Å². The fourth-order valence-electron chi connectivity index (χ4n) is 1.58. The van der Waals surface area contributed by atoms with Gasteiger partial charge in [0.2, 0.25) is 5.95 Å². The van der Waals surface area contributed by atoms with E-state index in [1.165, 1.54) is 6.07 Å². The number of aryl methyl sites for hydroxylation is 1. The van der Waals surface area contributed by atoms with E-state index < -0.39 is 0 Å². The van der Waals surface area contributed by atoms with Gasteiger partial charge >= 0.3 is 0 Å². The van der Waals surface area contributed by atoms with Crippen LogP contribution in [-0.2, 0) is 0 Å². The summed E-state index contributed by atoms with van der Waals surface area (Å²) >= 11 is 0. The number of aromatic amines is 1. The first-order valence-electron chi connectivity index (χ1n) is 5.50. The van der Waals surface area contributed by atoms with E-state index >= 15 is 0 Å². The highest BCUT2D eigenvalue weighted by Crippen LogP contribution is 2.06. The first kappa shape index (κ1) is 11.8. The summed E-state index contributed by atoms with van der Waals surface area (Å²) < 4.78 is 0. The number of rotatable bonds is 5. The minimum atomic E-state index is -0.0743.